The molecule has 0 saturated carbocycles. The van der Waals surface area contributed by atoms with Crippen LogP contribution in [0.15, 0.2) is 36.4 Å². The van der Waals surface area contributed by atoms with E-state index < -0.39 is 5.97 Å². The fraction of sp³-hybridized carbons (Fsp3) is 0.368. The number of amides is 1. The van der Waals surface area contributed by atoms with E-state index in [0.29, 0.717) is 18.0 Å². The lowest BCUT2D eigenvalue weighted by Crippen LogP contribution is -2.49. The normalized spacial score (nSPS) is 15.1. The first-order chi connectivity index (χ1) is 12.5. The van der Waals surface area contributed by atoms with Crippen LogP contribution in [0.4, 0.5) is 0 Å². The number of piperazine rings is 1. The largest absolute Gasteiger partial charge is 0.451 e. The first-order valence-corrected chi connectivity index (χ1v) is 9.69. The molecule has 0 unspecified atom stereocenters. The highest BCUT2D eigenvalue weighted by Gasteiger charge is 2.22. The number of carbonyl (C=O) groups excluding carboxylic acids is 2. The molecule has 2 heterocycles. The van der Waals surface area contributed by atoms with Gasteiger partial charge < -0.3 is 9.64 Å². The van der Waals surface area contributed by atoms with E-state index in [0.717, 1.165) is 29.5 Å². The van der Waals surface area contributed by atoms with Gasteiger partial charge in [-0.05, 0) is 36.8 Å². The van der Waals surface area contributed by atoms with E-state index in [2.05, 4.69) is 4.90 Å². The summed E-state index contributed by atoms with van der Waals surface area (Å²) in [7, 11) is 0. The van der Waals surface area contributed by atoms with Crippen molar-refractivity contribution in [1.29, 1.82) is 0 Å². The second-order valence-corrected chi connectivity index (χ2v) is 7.99. The van der Waals surface area contributed by atoms with Crippen LogP contribution in [0.1, 0.15) is 20.1 Å². The van der Waals surface area contributed by atoms with E-state index >= 15 is 0 Å². The Morgan fingerprint density at radius 1 is 1.08 bits per heavy atom. The first kappa shape index (κ1) is 18.9. The van der Waals surface area contributed by atoms with Crippen molar-refractivity contribution < 1.29 is 14.3 Å². The molecule has 1 aliphatic rings. The van der Waals surface area contributed by atoms with Crippen LogP contribution in [-0.2, 0) is 16.1 Å². The Kier molecular flexibility index (Phi) is 6.29. The fourth-order valence-corrected chi connectivity index (χ4v) is 3.72. The van der Waals surface area contributed by atoms with Gasteiger partial charge in [-0.25, -0.2) is 4.79 Å². The minimum absolute atomic E-state index is 0.141. The minimum atomic E-state index is -0.433. The number of rotatable bonds is 5. The summed E-state index contributed by atoms with van der Waals surface area (Å²) < 4.78 is 5.14. The van der Waals surface area contributed by atoms with Crippen molar-refractivity contribution in [3.05, 3.63) is 56.7 Å². The van der Waals surface area contributed by atoms with Gasteiger partial charge in [0, 0.05) is 42.6 Å². The highest BCUT2D eigenvalue weighted by Crippen LogP contribution is 2.16. The molecule has 1 saturated heterocycles. The van der Waals surface area contributed by atoms with Gasteiger partial charge in [0.15, 0.2) is 6.61 Å². The second kappa shape index (κ2) is 8.66. The Morgan fingerprint density at radius 2 is 1.77 bits per heavy atom. The molecule has 0 spiro atoms. The van der Waals surface area contributed by atoms with E-state index in [9.17, 15) is 9.59 Å². The molecule has 5 nitrogen and oxygen atoms in total. The van der Waals surface area contributed by atoms with Crippen LogP contribution in [0.5, 0.6) is 0 Å². The number of thiophene rings is 1. The number of hydrogen-bond acceptors (Lipinski definition) is 5. The fourth-order valence-electron chi connectivity index (χ4n) is 2.84. The number of halogens is 1. The van der Waals surface area contributed by atoms with Gasteiger partial charge in [0.25, 0.3) is 5.91 Å². The van der Waals surface area contributed by atoms with E-state index in [1.165, 1.54) is 16.9 Å². The molecule has 1 aromatic heterocycles. The number of aryl methyl sites for hydroxylation is 1. The van der Waals surface area contributed by atoms with Crippen LogP contribution >= 0.6 is 22.9 Å². The summed E-state index contributed by atoms with van der Waals surface area (Å²) in [4.78, 5) is 29.8. The van der Waals surface area contributed by atoms with Crippen LogP contribution in [-0.4, -0.2) is 54.5 Å². The molecular formula is C19H21ClN2O3S. The summed E-state index contributed by atoms with van der Waals surface area (Å²) in [6.45, 7) is 5.44. The third-order valence-corrected chi connectivity index (χ3v) is 5.55. The van der Waals surface area contributed by atoms with E-state index in [1.807, 2.05) is 37.3 Å². The van der Waals surface area contributed by atoms with Crippen molar-refractivity contribution in [1.82, 2.24) is 9.80 Å². The van der Waals surface area contributed by atoms with Crippen LogP contribution in [0.3, 0.4) is 0 Å². The van der Waals surface area contributed by atoms with Crippen molar-refractivity contribution >= 4 is 34.8 Å². The number of hydrogen-bond donors (Lipinski definition) is 0. The van der Waals surface area contributed by atoms with Crippen LogP contribution < -0.4 is 0 Å². The summed E-state index contributed by atoms with van der Waals surface area (Å²) in [6.07, 6.45) is 0. The van der Waals surface area contributed by atoms with Crippen molar-refractivity contribution in [3.8, 4) is 0 Å². The molecule has 1 amide bonds. The number of nitrogens with zero attached hydrogens (tertiary/aromatic N) is 2. The lowest BCUT2D eigenvalue weighted by molar-refractivity contribution is -0.136. The molecule has 0 radical (unpaired) electrons. The lowest BCUT2D eigenvalue weighted by atomic mass is 10.2. The molecule has 1 aliphatic heterocycles. The molecule has 3 rings (SSSR count). The summed E-state index contributed by atoms with van der Waals surface area (Å²) >= 11 is 7.28. The van der Waals surface area contributed by atoms with Crippen molar-refractivity contribution in [2.24, 2.45) is 0 Å². The molecule has 0 atom stereocenters. The number of ether oxygens (including phenoxy) is 1. The number of benzene rings is 1. The zero-order valence-electron chi connectivity index (χ0n) is 14.6. The highest BCUT2D eigenvalue weighted by atomic mass is 35.5. The zero-order valence-corrected chi connectivity index (χ0v) is 16.2. The van der Waals surface area contributed by atoms with Crippen LogP contribution in [0.2, 0.25) is 5.02 Å². The van der Waals surface area contributed by atoms with Crippen molar-refractivity contribution in [3.63, 3.8) is 0 Å². The highest BCUT2D eigenvalue weighted by molar-refractivity contribution is 7.13. The Balaban J connectivity index is 1.41. The zero-order chi connectivity index (χ0) is 18.5. The summed E-state index contributed by atoms with van der Waals surface area (Å²) in [5, 5.41) is 0.733. The Bertz CT molecular complexity index is 767. The summed E-state index contributed by atoms with van der Waals surface area (Å²) in [5.74, 6) is -0.574. The SMILES string of the molecule is Cc1ccc(C(=O)OCC(=O)N2CCN(Cc3ccc(Cl)cc3)CC2)s1. The maximum Gasteiger partial charge on any atom is 0.348 e. The first-order valence-electron chi connectivity index (χ1n) is 8.49. The second-order valence-electron chi connectivity index (χ2n) is 6.27. The van der Waals surface area contributed by atoms with Gasteiger partial charge in [-0.15, -0.1) is 11.3 Å². The Labute approximate surface area is 162 Å². The summed E-state index contributed by atoms with van der Waals surface area (Å²) in [5.41, 5.74) is 1.20. The smallest absolute Gasteiger partial charge is 0.348 e. The van der Waals surface area contributed by atoms with Gasteiger partial charge >= 0.3 is 5.97 Å². The topological polar surface area (TPSA) is 49.9 Å². The lowest BCUT2D eigenvalue weighted by Gasteiger charge is -2.34. The van der Waals surface area contributed by atoms with E-state index in [1.54, 1.807) is 11.0 Å². The maximum absolute atomic E-state index is 12.3. The van der Waals surface area contributed by atoms with Gasteiger partial charge in [-0.2, -0.15) is 0 Å². The molecule has 1 fully saturated rings. The van der Waals surface area contributed by atoms with Gasteiger partial charge in [0.1, 0.15) is 4.88 Å². The minimum Gasteiger partial charge on any atom is -0.451 e. The molecule has 0 bridgehead atoms. The average molecular weight is 393 g/mol. The predicted octanol–water partition coefficient (Wildman–Crippen LogP) is 3.21. The molecule has 2 aromatic rings. The van der Waals surface area contributed by atoms with Gasteiger partial charge in [-0.3, -0.25) is 9.69 Å². The van der Waals surface area contributed by atoms with Crippen LogP contribution in [0, 0.1) is 6.92 Å². The average Bonchev–Trinajstić information content (AvgIpc) is 3.08. The molecule has 0 aliphatic carbocycles. The van der Waals surface area contributed by atoms with Gasteiger partial charge in [0.05, 0.1) is 0 Å². The summed E-state index contributed by atoms with van der Waals surface area (Å²) in [6, 6.07) is 11.4. The third-order valence-electron chi connectivity index (χ3n) is 4.31. The number of esters is 1. The van der Waals surface area contributed by atoms with E-state index in [-0.39, 0.29) is 12.5 Å². The molecule has 7 heteroatoms. The van der Waals surface area contributed by atoms with Gasteiger partial charge in [-0.1, -0.05) is 23.7 Å². The van der Waals surface area contributed by atoms with E-state index in [4.69, 9.17) is 16.3 Å². The Morgan fingerprint density at radius 3 is 2.38 bits per heavy atom. The van der Waals surface area contributed by atoms with Crippen LogP contribution in [0.25, 0.3) is 0 Å². The van der Waals surface area contributed by atoms with Crippen molar-refractivity contribution in [2.75, 3.05) is 32.8 Å². The molecule has 138 valence electrons. The number of carbonyl (C=O) groups is 2. The molecule has 0 N–H and O–H groups in total. The predicted molar refractivity (Wildman–Crippen MR) is 103 cm³/mol. The third kappa shape index (κ3) is 5.06. The maximum atomic E-state index is 12.3. The monoisotopic (exact) mass is 392 g/mol. The molecular weight excluding hydrogens is 372 g/mol. The standard InChI is InChI=1S/C19H21ClN2O3S/c1-14-2-7-17(26-14)19(24)25-13-18(23)22-10-8-21(9-11-22)12-15-3-5-16(20)6-4-15/h2-7H,8-13H2,1H3. The molecule has 1 aromatic carbocycles. The Hall–Kier alpha value is -1.89. The quantitative estimate of drug-likeness (QED) is 0.733. The molecule has 26 heavy (non-hydrogen) atoms. The van der Waals surface area contributed by atoms with Crippen molar-refractivity contribution in [2.45, 2.75) is 13.5 Å². The van der Waals surface area contributed by atoms with Gasteiger partial charge in [0.2, 0.25) is 0 Å².